The zero-order valence-corrected chi connectivity index (χ0v) is 13.7. The van der Waals surface area contributed by atoms with Crippen molar-refractivity contribution in [2.24, 2.45) is 17.6 Å². The molecule has 2 fully saturated rings. The Kier molecular flexibility index (Phi) is 4.60. The van der Waals surface area contributed by atoms with Gasteiger partial charge in [0.25, 0.3) is 0 Å². The topological polar surface area (TPSA) is 46.3 Å². The summed E-state index contributed by atoms with van der Waals surface area (Å²) < 4.78 is 37.8. The molecule has 4 atom stereocenters. The number of carbonyl (C=O) groups excluding carboxylic acids is 1. The van der Waals surface area contributed by atoms with Gasteiger partial charge in [0.05, 0.1) is 5.56 Å². The molecule has 0 aromatic heterocycles. The van der Waals surface area contributed by atoms with Crippen LogP contribution in [0, 0.1) is 11.8 Å². The number of benzene rings is 1. The van der Waals surface area contributed by atoms with Gasteiger partial charge in [-0.2, -0.15) is 13.2 Å². The Morgan fingerprint density at radius 2 is 1.96 bits per heavy atom. The third-order valence-corrected chi connectivity index (χ3v) is 5.29. The van der Waals surface area contributed by atoms with E-state index in [2.05, 4.69) is 0 Å². The Bertz CT molecular complexity index is 597. The smallest absolute Gasteiger partial charge is 0.342 e. The van der Waals surface area contributed by atoms with E-state index in [1.54, 1.807) is 0 Å². The molecular weight excluding hydrogens is 317 g/mol. The number of piperidine rings is 1. The van der Waals surface area contributed by atoms with Gasteiger partial charge < -0.3 is 10.6 Å². The predicted octanol–water partition coefficient (Wildman–Crippen LogP) is 3.39. The Hall–Kier alpha value is -1.56. The molecule has 2 aliphatic rings. The number of hydrogen-bond acceptors (Lipinski definition) is 2. The molecule has 1 saturated heterocycles. The molecule has 0 bridgehead atoms. The van der Waals surface area contributed by atoms with Crippen molar-refractivity contribution >= 4 is 5.91 Å². The number of likely N-dealkylation sites (tertiary alicyclic amines) is 1. The van der Waals surface area contributed by atoms with Crippen LogP contribution in [0.3, 0.4) is 0 Å². The molecule has 3 nitrogen and oxygen atoms in total. The van der Waals surface area contributed by atoms with Gasteiger partial charge >= 0.3 is 6.18 Å². The highest BCUT2D eigenvalue weighted by atomic mass is 19.4. The van der Waals surface area contributed by atoms with Crippen LogP contribution in [-0.2, 0) is 11.0 Å². The van der Waals surface area contributed by atoms with Gasteiger partial charge in [0, 0.05) is 25.0 Å². The number of amides is 1. The third-order valence-electron chi connectivity index (χ3n) is 5.29. The van der Waals surface area contributed by atoms with Crippen LogP contribution in [0.25, 0.3) is 0 Å². The summed E-state index contributed by atoms with van der Waals surface area (Å²) in [5.41, 5.74) is 6.13. The van der Waals surface area contributed by atoms with Crippen molar-refractivity contribution in [1.82, 2.24) is 4.90 Å². The Morgan fingerprint density at radius 1 is 1.29 bits per heavy atom. The molecule has 4 unspecified atom stereocenters. The van der Waals surface area contributed by atoms with Crippen molar-refractivity contribution in [3.8, 4) is 0 Å². The summed E-state index contributed by atoms with van der Waals surface area (Å²) in [4.78, 5) is 14.5. The Balaban J connectivity index is 1.61. The average molecular weight is 340 g/mol. The van der Waals surface area contributed by atoms with Crippen LogP contribution < -0.4 is 5.73 Å². The molecule has 1 aromatic carbocycles. The lowest BCUT2D eigenvalue weighted by Crippen LogP contribution is -2.45. The van der Waals surface area contributed by atoms with Crippen LogP contribution in [-0.4, -0.2) is 29.9 Å². The molecule has 1 heterocycles. The van der Waals surface area contributed by atoms with E-state index >= 15 is 0 Å². The maximum Gasteiger partial charge on any atom is 0.416 e. The summed E-state index contributed by atoms with van der Waals surface area (Å²) in [6.45, 7) is 3.44. The van der Waals surface area contributed by atoms with E-state index in [1.807, 2.05) is 11.8 Å². The SMILES string of the molecule is CC(N)C1CCCN(C(=O)C2CC2c2ccc(C(F)(F)F)cc2)C1. The van der Waals surface area contributed by atoms with E-state index in [9.17, 15) is 18.0 Å². The fraction of sp³-hybridized carbons (Fsp3) is 0.611. The minimum atomic E-state index is -4.32. The van der Waals surface area contributed by atoms with Crippen molar-refractivity contribution in [3.05, 3.63) is 35.4 Å². The Morgan fingerprint density at radius 3 is 2.54 bits per heavy atom. The van der Waals surface area contributed by atoms with Crippen molar-refractivity contribution in [2.45, 2.75) is 44.3 Å². The van der Waals surface area contributed by atoms with Crippen molar-refractivity contribution < 1.29 is 18.0 Å². The molecule has 1 aliphatic carbocycles. The highest BCUT2D eigenvalue weighted by Gasteiger charge is 2.46. The maximum atomic E-state index is 12.6. The van der Waals surface area contributed by atoms with E-state index in [0.29, 0.717) is 12.5 Å². The summed E-state index contributed by atoms with van der Waals surface area (Å²) >= 11 is 0. The third kappa shape index (κ3) is 3.58. The minimum Gasteiger partial charge on any atom is -0.342 e. The molecule has 0 radical (unpaired) electrons. The van der Waals surface area contributed by atoms with Crippen LogP contribution in [0.1, 0.15) is 43.2 Å². The quantitative estimate of drug-likeness (QED) is 0.917. The highest BCUT2D eigenvalue weighted by molar-refractivity contribution is 5.83. The van der Waals surface area contributed by atoms with Crippen LogP contribution in [0.4, 0.5) is 13.2 Å². The molecular formula is C18H23F3N2O. The van der Waals surface area contributed by atoms with Gasteiger partial charge in [-0.05, 0) is 55.7 Å². The number of hydrogen-bond donors (Lipinski definition) is 1. The molecule has 24 heavy (non-hydrogen) atoms. The van der Waals surface area contributed by atoms with Crippen LogP contribution in [0.2, 0.25) is 0 Å². The monoisotopic (exact) mass is 340 g/mol. The lowest BCUT2D eigenvalue weighted by Gasteiger charge is -2.34. The number of alkyl halides is 3. The molecule has 2 N–H and O–H groups in total. The second kappa shape index (κ2) is 6.39. The summed E-state index contributed by atoms with van der Waals surface area (Å²) in [5, 5.41) is 0. The number of halogens is 3. The molecule has 0 spiro atoms. The summed E-state index contributed by atoms with van der Waals surface area (Å²) in [6, 6.07) is 5.28. The predicted molar refractivity (Wildman–Crippen MR) is 85.2 cm³/mol. The lowest BCUT2D eigenvalue weighted by atomic mass is 9.92. The summed E-state index contributed by atoms with van der Waals surface area (Å²) in [6.07, 6.45) is -1.58. The van der Waals surface area contributed by atoms with Crippen LogP contribution in [0.5, 0.6) is 0 Å². The van der Waals surface area contributed by atoms with Crippen LogP contribution >= 0.6 is 0 Å². The van der Waals surface area contributed by atoms with E-state index < -0.39 is 11.7 Å². The van der Waals surface area contributed by atoms with Gasteiger partial charge in [-0.15, -0.1) is 0 Å². The molecule has 132 valence electrons. The zero-order valence-electron chi connectivity index (χ0n) is 13.7. The fourth-order valence-electron chi connectivity index (χ4n) is 3.63. The maximum absolute atomic E-state index is 12.6. The Labute approximate surface area is 140 Å². The second-order valence-corrected chi connectivity index (χ2v) is 7.11. The molecule has 1 amide bonds. The van der Waals surface area contributed by atoms with Gasteiger partial charge in [0.1, 0.15) is 0 Å². The van der Waals surface area contributed by atoms with Gasteiger partial charge in [0.2, 0.25) is 5.91 Å². The first kappa shape index (κ1) is 17.3. The second-order valence-electron chi connectivity index (χ2n) is 7.11. The van der Waals surface area contributed by atoms with Gasteiger partial charge in [0.15, 0.2) is 0 Å². The number of rotatable bonds is 3. The largest absolute Gasteiger partial charge is 0.416 e. The zero-order chi connectivity index (χ0) is 17.5. The molecule has 6 heteroatoms. The van der Waals surface area contributed by atoms with E-state index in [1.165, 1.54) is 12.1 Å². The molecule has 1 aromatic rings. The fourth-order valence-corrected chi connectivity index (χ4v) is 3.63. The number of carbonyl (C=O) groups is 1. The standard InChI is InChI=1S/C18H23F3N2O/c1-11(22)13-3-2-8-23(10-13)17(24)16-9-15(16)12-4-6-14(7-5-12)18(19,20)21/h4-7,11,13,15-16H,2-3,8-10,22H2,1H3. The van der Waals surface area contributed by atoms with Gasteiger partial charge in [-0.1, -0.05) is 12.1 Å². The first-order chi connectivity index (χ1) is 11.3. The van der Waals surface area contributed by atoms with E-state index in [4.69, 9.17) is 5.73 Å². The molecule has 3 rings (SSSR count). The van der Waals surface area contributed by atoms with Crippen molar-refractivity contribution in [1.29, 1.82) is 0 Å². The van der Waals surface area contributed by atoms with Crippen molar-refractivity contribution in [2.75, 3.05) is 13.1 Å². The molecule has 1 saturated carbocycles. The normalized spacial score (nSPS) is 28.5. The first-order valence-electron chi connectivity index (χ1n) is 8.49. The first-order valence-corrected chi connectivity index (χ1v) is 8.49. The minimum absolute atomic E-state index is 0.0514. The average Bonchev–Trinajstić information content (AvgIpc) is 3.34. The summed E-state index contributed by atoms with van der Waals surface area (Å²) in [5.74, 6) is 0.431. The van der Waals surface area contributed by atoms with Crippen LogP contribution in [0.15, 0.2) is 24.3 Å². The van der Waals surface area contributed by atoms with Gasteiger partial charge in [-0.3, -0.25) is 4.79 Å². The van der Waals surface area contributed by atoms with E-state index in [0.717, 1.165) is 43.5 Å². The lowest BCUT2D eigenvalue weighted by molar-refractivity contribution is -0.137. The highest BCUT2D eigenvalue weighted by Crippen LogP contribution is 2.49. The van der Waals surface area contributed by atoms with Crippen molar-refractivity contribution in [3.63, 3.8) is 0 Å². The summed E-state index contributed by atoms with van der Waals surface area (Å²) in [7, 11) is 0. The number of nitrogens with zero attached hydrogens (tertiary/aromatic N) is 1. The number of nitrogens with two attached hydrogens (primary N) is 1. The van der Waals surface area contributed by atoms with E-state index in [-0.39, 0.29) is 23.8 Å². The van der Waals surface area contributed by atoms with Gasteiger partial charge in [-0.25, -0.2) is 0 Å². The molecule has 1 aliphatic heterocycles.